The Hall–Kier alpha value is -1.64. The van der Waals surface area contributed by atoms with Crippen LogP contribution in [0, 0.1) is 5.92 Å². The summed E-state index contributed by atoms with van der Waals surface area (Å²) in [5.74, 6) is -0.496. The zero-order chi connectivity index (χ0) is 12.4. The van der Waals surface area contributed by atoms with Crippen molar-refractivity contribution in [3.63, 3.8) is 0 Å². The van der Waals surface area contributed by atoms with Gasteiger partial charge in [0.2, 0.25) is 0 Å². The van der Waals surface area contributed by atoms with Crippen molar-refractivity contribution in [1.82, 2.24) is 0 Å². The summed E-state index contributed by atoms with van der Waals surface area (Å²) >= 11 is 0. The van der Waals surface area contributed by atoms with Crippen LogP contribution in [0.25, 0.3) is 0 Å². The Bertz CT molecular complexity index is 433. The Labute approximate surface area is 100 Å². The molecule has 1 fully saturated rings. The fourth-order valence-electron chi connectivity index (χ4n) is 2.50. The molecule has 1 saturated carbocycles. The van der Waals surface area contributed by atoms with Crippen molar-refractivity contribution in [3.05, 3.63) is 35.4 Å². The summed E-state index contributed by atoms with van der Waals surface area (Å²) in [6, 6.07) is 7.55. The van der Waals surface area contributed by atoms with E-state index in [1.54, 1.807) is 6.92 Å². The van der Waals surface area contributed by atoms with Crippen molar-refractivity contribution >= 4 is 11.8 Å². The van der Waals surface area contributed by atoms with Crippen LogP contribution in [0.3, 0.4) is 0 Å². The predicted molar refractivity (Wildman–Crippen MR) is 64.2 cm³/mol. The number of carboxylic acid groups (broad SMARTS) is 1. The van der Waals surface area contributed by atoms with E-state index >= 15 is 0 Å². The molecule has 0 aromatic heterocycles. The Morgan fingerprint density at radius 1 is 1.18 bits per heavy atom. The lowest BCUT2D eigenvalue weighted by Gasteiger charge is -2.10. The number of ketones is 1. The van der Waals surface area contributed by atoms with Crippen LogP contribution in [0.2, 0.25) is 0 Å². The lowest BCUT2D eigenvalue weighted by atomic mass is 9.95. The van der Waals surface area contributed by atoms with Gasteiger partial charge in [0, 0.05) is 5.56 Å². The van der Waals surface area contributed by atoms with Crippen molar-refractivity contribution in [3.8, 4) is 0 Å². The standard InChI is InChI=1S/C14H16O3/c1-9(15)10-2-4-11(5-3-10)12-6-7-13(8-12)14(16)17/h2-5,12-13H,6-8H2,1H3,(H,16,17). The molecule has 1 aromatic rings. The highest BCUT2D eigenvalue weighted by Crippen LogP contribution is 2.38. The van der Waals surface area contributed by atoms with E-state index in [1.165, 1.54) is 0 Å². The number of Topliss-reactive ketones (excluding diaryl/α,β-unsaturated/α-hetero) is 1. The second kappa shape index (κ2) is 4.70. The molecule has 17 heavy (non-hydrogen) atoms. The van der Waals surface area contributed by atoms with E-state index in [-0.39, 0.29) is 11.7 Å². The van der Waals surface area contributed by atoms with Crippen LogP contribution >= 0.6 is 0 Å². The van der Waals surface area contributed by atoms with Gasteiger partial charge in [-0.05, 0) is 37.7 Å². The monoisotopic (exact) mass is 232 g/mol. The molecule has 2 rings (SSSR count). The van der Waals surface area contributed by atoms with Gasteiger partial charge in [-0.2, -0.15) is 0 Å². The van der Waals surface area contributed by atoms with Gasteiger partial charge in [-0.1, -0.05) is 24.3 Å². The molecule has 1 aliphatic rings. The number of benzene rings is 1. The van der Waals surface area contributed by atoms with Crippen molar-refractivity contribution in [2.24, 2.45) is 5.92 Å². The van der Waals surface area contributed by atoms with Crippen LogP contribution in [0.5, 0.6) is 0 Å². The van der Waals surface area contributed by atoms with Gasteiger partial charge in [-0.15, -0.1) is 0 Å². The number of carbonyl (C=O) groups excluding carboxylic acids is 1. The molecule has 0 amide bonds. The number of aliphatic carboxylic acids is 1. The van der Waals surface area contributed by atoms with E-state index in [1.807, 2.05) is 24.3 Å². The van der Waals surface area contributed by atoms with E-state index in [0.29, 0.717) is 11.5 Å². The summed E-state index contributed by atoms with van der Waals surface area (Å²) < 4.78 is 0. The SMILES string of the molecule is CC(=O)c1ccc(C2CCC(C(=O)O)C2)cc1. The van der Waals surface area contributed by atoms with E-state index in [0.717, 1.165) is 24.8 Å². The van der Waals surface area contributed by atoms with Gasteiger partial charge in [-0.3, -0.25) is 9.59 Å². The summed E-state index contributed by atoms with van der Waals surface area (Å²) in [4.78, 5) is 22.0. The first-order valence-electron chi connectivity index (χ1n) is 5.91. The summed E-state index contributed by atoms with van der Waals surface area (Å²) in [6.45, 7) is 1.55. The Balaban J connectivity index is 2.09. The topological polar surface area (TPSA) is 54.4 Å². The van der Waals surface area contributed by atoms with E-state index in [4.69, 9.17) is 5.11 Å². The lowest BCUT2D eigenvalue weighted by molar-refractivity contribution is -0.141. The van der Waals surface area contributed by atoms with Crippen LogP contribution in [-0.4, -0.2) is 16.9 Å². The maximum Gasteiger partial charge on any atom is 0.306 e. The average Bonchev–Trinajstić information content (AvgIpc) is 2.78. The summed E-state index contributed by atoms with van der Waals surface area (Å²) in [5, 5.41) is 8.95. The van der Waals surface area contributed by atoms with Gasteiger partial charge < -0.3 is 5.11 Å². The summed E-state index contributed by atoms with van der Waals surface area (Å²) in [6.07, 6.45) is 2.40. The largest absolute Gasteiger partial charge is 0.481 e. The molecular weight excluding hydrogens is 216 g/mol. The van der Waals surface area contributed by atoms with Gasteiger partial charge >= 0.3 is 5.97 Å². The number of carboxylic acids is 1. The molecule has 2 unspecified atom stereocenters. The second-order valence-electron chi connectivity index (χ2n) is 4.72. The fourth-order valence-corrected chi connectivity index (χ4v) is 2.50. The van der Waals surface area contributed by atoms with Gasteiger partial charge in [0.25, 0.3) is 0 Å². The number of hydrogen-bond donors (Lipinski definition) is 1. The molecule has 1 aliphatic carbocycles. The Kier molecular flexibility index (Phi) is 3.27. The minimum absolute atomic E-state index is 0.0615. The first-order valence-corrected chi connectivity index (χ1v) is 5.91. The molecule has 0 heterocycles. The molecule has 90 valence electrons. The predicted octanol–water partition coefficient (Wildman–Crippen LogP) is 2.86. The number of carbonyl (C=O) groups is 2. The molecule has 0 spiro atoms. The summed E-state index contributed by atoms with van der Waals surface area (Å²) in [7, 11) is 0. The zero-order valence-corrected chi connectivity index (χ0v) is 9.85. The minimum Gasteiger partial charge on any atom is -0.481 e. The smallest absolute Gasteiger partial charge is 0.306 e. The first-order chi connectivity index (χ1) is 8.08. The third-order valence-corrected chi connectivity index (χ3v) is 3.57. The maximum absolute atomic E-state index is 11.1. The maximum atomic E-state index is 11.1. The van der Waals surface area contributed by atoms with Crippen molar-refractivity contribution < 1.29 is 14.7 Å². The molecule has 3 heteroatoms. The number of hydrogen-bond acceptors (Lipinski definition) is 2. The second-order valence-corrected chi connectivity index (χ2v) is 4.72. The van der Waals surface area contributed by atoms with Gasteiger partial charge in [0.05, 0.1) is 5.92 Å². The van der Waals surface area contributed by atoms with Crippen LogP contribution in [-0.2, 0) is 4.79 Å². The van der Waals surface area contributed by atoms with Gasteiger partial charge in [0.1, 0.15) is 0 Å². The third kappa shape index (κ3) is 2.54. The normalized spacial score (nSPS) is 23.6. The molecule has 0 aliphatic heterocycles. The highest BCUT2D eigenvalue weighted by molar-refractivity contribution is 5.94. The van der Waals surface area contributed by atoms with Crippen molar-refractivity contribution in [1.29, 1.82) is 0 Å². The third-order valence-electron chi connectivity index (χ3n) is 3.57. The van der Waals surface area contributed by atoms with E-state index < -0.39 is 5.97 Å². The average molecular weight is 232 g/mol. The molecular formula is C14H16O3. The molecule has 1 aromatic carbocycles. The fraction of sp³-hybridized carbons (Fsp3) is 0.429. The minimum atomic E-state index is -0.687. The summed E-state index contributed by atoms with van der Waals surface area (Å²) in [5.41, 5.74) is 1.86. The molecule has 0 saturated heterocycles. The van der Waals surface area contributed by atoms with E-state index in [2.05, 4.69) is 0 Å². The molecule has 3 nitrogen and oxygen atoms in total. The molecule has 2 atom stereocenters. The first kappa shape index (κ1) is 11.8. The van der Waals surface area contributed by atoms with Gasteiger partial charge in [-0.25, -0.2) is 0 Å². The Morgan fingerprint density at radius 3 is 2.29 bits per heavy atom. The zero-order valence-electron chi connectivity index (χ0n) is 9.85. The molecule has 0 bridgehead atoms. The van der Waals surface area contributed by atoms with Crippen LogP contribution in [0.4, 0.5) is 0 Å². The molecule has 0 radical (unpaired) electrons. The van der Waals surface area contributed by atoms with Crippen LogP contribution in [0.15, 0.2) is 24.3 Å². The Morgan fingerprint density at radius 2 is 1.82 bits per heavy atom. The molecule has 1 N–H and O–H groups in total. The van der Waals surface area contributed by atoms with Gasteiger partial charge in [0.15, 0.2) is 5.78 Å². The van der Waals surface area contributed by atoms with Crippen molar-refractivity contribution in [2.75, 3.05) is 0 Å². The van der Waals surface area contributed by atoms with Crippen molar-refractivity contribution in [2.45, 2.75) is 32.1 Å². The highest BCUT2D eigenvalue weighted by atomic mass is 16.4. The lowest BCUT2D eigenvalue weighted by Crippen LogP contribution is -2.09. The van der Waals surface area contributed by atoms with E-state index in [9.17, 15) is 9.59 Å². The number of rotatable bonds is 3. The quantitative estimate of drug-likeness (QED) is 0.815. The highest BCUT2D eigenvalue weighted by Gasteiger charge is 2.30. The van der Waals surface area contributed by atoms with Crippen LogP contribution in [0.1, 0.15) is 48.0 Å². The van der Waals surface area contributed by atoms with Crippen LogP contribution < -0.4 is 0 Å².